The smallest absolute Gasteiger partial charge is 0.0688 e. The van der Waals surface area contributed by atoms with Crippen molar-refractivity contribution < 1.29 is 5.11 Å². The van der Waals surface area contributed by atoms with Crippen LogP contribution in [0.3, 0.4) is 0 Å². The van der Waals surface area contributed by atoms with E-state index in [1.165, 1.54) is 0 Å². The number of nitrogens with one attached hydrogen (secondary N) is 1. The molecule has 0 aliphatic rings. The van der Waals surface area contributed by atoms with Gasteiger partial charge in [-0.1, -0.05) is 23.2 Å². The molecule has 0 amide bonds. The third kappa shape index (κ3) is 3.63. The van der Waals surface area contributed by atoms with Crippen molar-refractivity contribution in [3.8, 4) is 0 Å². The molecule has 0 aliphatic carbocycles. The second kappa shape index (κ2) is 5.37. The fourth-order valence-electron chi connectivity index (χ4n) is 1.15. The number of halogens is 2. The maximum Gasteiger partial charge on any atom is 0.0688 e. The van der Waals surface area contributed by atoms with Crippen molar-refractivity contribution >= 4 is 23.2 Å². The first-order valence-electron chi connectivity index (χ1n) is 5.20. The highest BCUT2D eigenvalue weighted by atomic mass is 35.5. The second-order valence-corrected chi connectivity index (χ2v) is 5.33. The van der Waals surface area contributed by atoms with Gasteiger partial charge in [0.1, 0.15) is 0 Å². The Bertz CT molecular complexity index is 364. The highest BCUT2D eigenvalue weighted by Gasteiger charge is 2.23. The van der Waals surface area contributed by atoms with Crippen LogP contribution in [0.2, 0.25) is 10.0 Å². The summed E-state index contributed by atoms with van der Waals surface area (Å²) in [5.74, 6) is 0. The minimum absolute atomic E-state index is 0.356. The zero-order chi connectivity index (χ0) is 12.3. The van der Waals surface area contributed by atoms with Crippen LogP contribution >= 0.6 is 23.2 Å². The van der Waals surface area contributed by atoms with Crippen LogP contribution in [-0.2, 0) is 6.54 Å². The first-order chi connectivity index (χ1) is 7.33. The number of aliphatic hydroxyl groups is 1. The molecule has 2 N–H and O–H groups in total. The Balaban J connectivity index is 2.71. The first-order valence-corrected chi connectivity index (χ1v) is 5.95. The summed E-state index contributed by atoms with van der Waals surface area (Å²) in [6.45, 7) is 6.22. The zero-order valence-corrected chi connectivity index (χ0v) is 11.2. The van der Waals surface area contributed by atoms with Gasteiger partial charge in [-0.3, -0.25) is 0 Å². The quantitative estimate of drug-likeness (QED) is 0.873. The highest BCUT2D eigenvalue weighted by Crippen LogP contribution is 2.21. The molecule has 1 rings (SSSR count). The lowest BCUT2D eigenvalue weighted by atomic mass is 9.98. The molecule has 0 spiro atoms. The van der Waals surface area contributed by atoms with Crippen LogP contribution in [0.15, 0.2) is 18.2 Å². The molecule has 0 saturated heterocycles. The summed E-state index contributed by atoms with van der Waals surface area (Å²) in [7, 11) is 0. The summed E-state index contributed by atoms with van der Waals surface area (Å²) in [4.78, 5) is 0. The molecule has 1 aromatic rings. The van der Waals surface area contributed by atoms with Gasteiger partial charge in [0.15, 0.2) is 0 Å². The van der Waals surface area contributed by atoms with Crippen molar-refractivity contribution in [1.29, 1.82) is 0 Å². The van der Waals surface area contributed by atoms with Crippen molar-refractivity contribution in [2.24, 2.45) is 0 Å². The van der Waals surface area contributed by atoms with Crippen LogP contribution in [0.25, 0.3) is 0 Å². The molecule has 0 aromatic heterocycles. The SMILES string of the molecule is CC(O)C(C)(C)NCc1cc(Cl)ccc1Cl. The van der Waals surface area contributed by atoms with Gasteiger partial charge in [0, 0.05) is 22.1 Å². The molecule has 1 aromatic carbocycles. The summed E-state index contributed by atoms with van der Waals surface area (Å²) in [6.07, 6.45) is -0.439. The molecule has 0 fully saturated rings. The normalized spacial score (nSPS) is 13.9. The van der Waals surface area contributed by atoms with E-state index in [0.29, 0.717) is 16.6 Å². The molecule has 90 valence electrons. The monoisotopic (exact) mass is 261 g/mol. The van der Waals surface area contributed by atoms with Crippen LogP contribution in [0.5, 0.6) is 0 Å². The number of hydrogen-bond acceptors (Lipinski definition) is 2. The van der Waals surface area contributed by atoms with Gasteiger partial charge in [0.05, 0.1) is 6.10 Å². The fourth-order valence-corrected chi connectivity index (χ4v) is 1.53. The largest absolute Gasteiger partial charge is 0.392 e. The zero-order valence-electron chi connectivity index (χ0n) is 9.72. The molecule has 0 saturated carbocycles. The average Bonchev–Trinajstić information content (AvgIpc) is 2.19. The molecule has 2 nitrogen and oxygen atoms in total. The predicted octanol–water partition coefficient (Wildman–Crippen LogP) is 3.24. The Hall–Kier alpha value is -0.280. The Morgan fingerprint density at radius 3 is 2.56 bits per heavy atom. The van der Waals surface area contributed by atoms with Crippen molar-refractivity contribution in [1.82, 2.24) is 5.32 Å². The van der Waals surface area contributed by atoms with E-state index < -0.39 is 6.10 Å². The van der Waals surface area contributed by atoms with E-state index in [1.54, 1.807) is 19.1 Å². The maximum atomic E-state index is 9.56. The number of benzene rings is 1. The van der Waals surface area contributed by atoms with Crippen LogP contribution < -0.4 is 5.32 Å². The number of rotatable bonds is 4. The Kier molecular flexibility index (Phi) is 4.62. The third-order valence-corrected chi connectivity index (χ3v) is 3.39. The van der Waals surface area contributed by atoms with Gasteiger partial charge in [0.25, 0.3) is 0 Å². The molecular formula is C12H17Cl2NO. The summed E-state index contributed by atoms with van der Waals surface area (Å²) in [5, 5.41) is 14.2. The minimum atomic E-state index is -0.439. The van der Waals surface area contributed by atoms with Crippen LogP contribution in [0.4, 0.5) is 0 Å². The molecule has 0 aliphatic heterocycles. The van der Waals surface area contributed by atoms with Crippen molar-refractivity contribution in [3.63, 3.8) is 0 Å². The molecule has 4 heteroatoms. The van der Waals surface area contributed by atoms with E-state index in [4.69, 9.17) is 23.2 Å². The Morgan fingerprint density at radius 1 is 1.38 bits per heavy atom. The summed E-state index contributed by atoms with van der Waals surface area (Å²) < 4.78 is 0. The van der Waals surface area contributed by atoms with Crippen LogP contribution in [-0.4, -0.2) is 16.7 Å². The van der Waals surface area contributed by atoms with Gasteiger partial charge < -0.3 is 10.4 Å². The first kappa shape index (κ1) is 13.8. The van der Waals surface area contributed by atoms with E-state index in [2.05, 4.69) is 5.32 Å². The van der Waals surface area contributed by atoms with Gasteiger partial charge in [-0.2, -0.15) is 0 Å². The van der Waals surface area contributed by atoms with Crippen molar-refractivity contribution in [3.05, 3.63) is 33.8 Å². The third-order valence-electron chi connectivity index (χ3n) is 2.79. The summed E-state index contributed by atoms with van der Waals surface area (Å²) in [6, 6.07) is 5.36. The second-order valence-electron chi connectivity index (χ2n) is 4.49. The van der Waals surface area contributed by atoms with Crippen LogP contribution in [0.1, 0.15) is 26.3 Å². The average molecular weight is 262 g/mol. The number of aliphatic hydroxyl groups excluding tert-OH is 1. The molecule has 0 bridgehead atoms. The molecular weight excluding hydrogens is 245 g/mol. The Labute approximate surface area is 107 Å². The van der Waals surface area contributed by atoms with Crippen molar-refractivity contribution in [2.45, 2.75) is 39.0 Å². The van der Waals surface area contributed by atoms with Crippen LogP contribution in [0, 0.1) is 0 Å². The number of hydrogen-bond donors (Lipinski definition) is 2. The highest BCUT2D eigenvalue weighted by molar-refractivity contribution is 6.33. The molecule has 1 atom stereocenters. The molecule has 1 unspecified atom stereocenters. The predicted molar refractivity (Wildman–Crippen MR) is 69.1 cm³/mol. The topological polar surface area (TPSA) is 32.3 Å². The van der Waals surface area contributed by atoms with Gasteiger partial charge in [0.2, 0.25) is 0 Å². The van der Waals surface area contributed by atoms with Gasteiger partial charge in [-0.25, -0.2) is 0 Å². The molecule has 0 heterocycles. The summed E-state index contributed by atoms with van der Waals surface area (Å²) in [5.41, 5.74) is 0.578. The molecule has 0 radical (unpaired) electrons. The maximum absolute atomic E-state index is 9.56. The van der Waals surface area contributed by atoms with Crippen molar-refractivity contribution in [2.75, 3.05) is 0 Å². The lowest BCUT2D eigenvalue weighted by Gasteiger charge is -2.29. The molecule has 16 heavy (non-hydrogen) atoms. The van der Waals surface area contributed by atoms with Gasteiger partial charge in [-0.05, 0) is 44.5 Å². The fraction of sp³-hybridized carbons (Fsp3) is 0.500. The van der Waals surface area contributed by atoms with E-state index in [0.717, 1.165) is 5.56 Å². The lowest BCUT2D eigenvalue weighted by Crippen LogP contribution is -2.47. The summed E-state index contributed by atoms with van der Waals surface area (Å²) >= 11 is 11.9. The minimum Gasteiger partial charge on any atom is -0.392 e. The lowest BCUT2D eigenvalue weighted by molar-refractivity contribution is 0.0956. The van der Waals surface area contributed by atoms with E-state index in [1.807, 2.05) is 19.9 Å². The van der Waals surface area contributed by atoms with E-state index in [9.17, 15) is 5.11 Å². The standard InChI is InChI=1S/C12H17Cl2NO/c1-8(16)12(2,3)15-7-9-6-10(13)4-5-11(9)14/h4-6,8,15-16H,7H2,1-3H3. The van der Waals surface area contributed by atoms with E-state index in [-0.39, 0.29) is 5.54 Å². The Morgan fingerprint density at radius 2 is 2.00 bits per heavy atom. The van der Waals surface area contributed by atoms with Gasteiger partial charge in [-0.15, -0.1) is 0 Å². The van der Waals surface area contributed by atoms with Gasteiger partial charge >= 0.3 is 0 Å². The van der Waals surface area contributed by atoms with E-state index >= 15 is 0 Å².